The molecular formula is C15H22N4O2. The molecule has 2 rings (SSSR count). The average Bonchev–Trinajstić information content (AvgIpc) is 2.78. The number of nitrogens with zero attached hydrogens (tertiary/aromatic N) is 3. The second-order valence-corrected chi connectivity index (χ2v) is 6.27. The van der Waals surface area contributed by atoms with Crippen LogP contribution in [0.15, 0.2) is 18.5 Å². The van der Waals surface area contributed by atoms with E-state index in [1.54, 1.807) is 12.4 Å². The van der Waals surface area contributed by atoms with Crippen LogP contribution in [0.25, 0.3) is 11.0 Å². The van der Waals surface area contributed by atoms with Gasteiger partial charge in [-0.3, -0.25) is 4.79 Å². The van der Waals surface area contributed by atoms with E-state index in [-0.39, 0.29) is 24.2 Å². The van der Waals surface area contributed by atoms with Crippen molar-refractivity contribution in [2.45, 2.75) is 46.3 Å². The Hall–Kier alpha value is -1.95. The largest absolute Gasteiger partial charge is 0.366 e. The first-order chi connectivity index (χ1) is 9.76. The van der Waals surface area contributed by atoms with Crippen molar-refractivity contribution in [3.63, 3.8) is 0 Å². The minimum atomic E-state index is -0.335. The molecule has 1 N–H and O–H groups in total. The number of carbonyl (C=O) groups is 1. The number of hydrogen-bond acceptors (Lipinski definition) is 4. The highest BCUT2D eigenvalue weighted by molar-refractivity contribution is 5.93. The third-order valence-corrected chi connectivity index (χ3v) is 2.84. The highest BCUT2D eigenvalue weighted by atomic mass is 16.5. The fraction of sp³-hybridized carbons (Fsp3) is 0.533. The van der Waals surface area contributed by atoms with Gasteiger partial charge in [-0.2, -0.15) is 5.10 Å². The van der Waals surface area contributed by atoms with Gasteiger partial charge in [0.05, 0.1) is 23.7 Å². The van der Waals surface area contributed by atoms with Gasteiger partial charge in [0, 0.05) is 11.4 Å². The van der Waals surface area contributed by atoms with E-state index in [0.29, 0.717) is 5.69 Å². The summed E-state index contributed by atoms with van der Waals surface area (Å²) >= 11 is 0. The lowest BCUT2D eigenvalue weighted by molar-refractivity contribution is -0.125. The number of amides is 1. The predicted molar refractivity (Wildman–Crippen MR) is 82.2 cm³/mol. The SMILES string of the molecule is CC(C)n1ncc2cc(NC(=O)COC(C)(C)C)cnc21. The molecular weight excluding hydrogens is 268 g/mol. The lowest BCUT2D eigenvalue weighted by Gasteiger charge is -2.18. The van der Waals surface area contributed by atoms with Crippen molar-refractivity contribution >= 4 is 22.6 Å². The van der Waals surface area contributed by atoms with Crippen molar-refractivity contribution in [1.82, 2.24) is 14.8 Å². The molecule has 0 aromatic carbocycles. The van der Waals surface area contributed by atoms with Crippen LogP contribution in [0.3, 0.4) is 0 Å². The molecule has 0 atom stereocenters. The zero-order chi connectivity index (χ0) is 15.6. The van der Waals surface area contributed by atoms with Gasteiger partial charge in [0.25, 0.3) is 0 Å². The molecule has 0 radical (unpaired) electrons. The first kappa shape index (κ1) is 15.4. The summed E-state index contributed by atoms with van der Waals surface area (Å²) in [5, 5.41) is 7.98. The summed E-state index contributed by atoms with van der Waals surface area (Å²) < 4.78 is 7.29. The average molecular weight is 290 g/mol. The van der Waals surface area contributed by atoms with E-state index in [1.165, 1.54) is 0 Å². The Morgan fingerprint density at radius 1 is 1.38 bits per heavy atom. The quantitative estimate of drug-likeness (QED) is 0.940. The van der Waals surface area contributed by atoms with Crippen LogP contribution >= 0.6 is 0 Å². The van der Waals surface area contributed by atoms with Crippen molar-refractivity contribution in [3.8, 4) is 0 Å². The molecule has 6 heteroatoms. The molecule has 0 aliphatic carbocycles. The molecule has 21 heavy (non-hydrogen) atoms. The van der Waals surface area contributed by atoms with Crippen LogP contribution in [-0.4, -0.2) is 32.9 Å². The zero-order valence-electron chi connectivity index (χ0n) is 13.2. The fourth-order valence-electron chi connectivity index (χ4n) is 1.87. The summed E-state index contributed by atoms with van der Waals surface area (Å²) in [6.45, 7) is 9.85. The summed E-state index contributed by atoms with van der Waals surface area (Å²) in [4.78, 5) is 16.2. The Morgan fingerprint density at radius 2 is 2.10 bits per heavy atom. The van der Waals surface area contributed by atoms with Crippen LogP contribution in [0.1, 0.15) is 40.7 Å². The van der Waals surface area contributed by atoms with Crippen molar-refractivity contribution in [2.24, 2.45) is 0 Å². The molecule has 0 spiro atoms. The summed E-state index contributed by atoms with van der Waals surface area (Å²) in [7, 11) is 0. The van der Waals surface area contributed by atoms with E-state index in [9.17, 15) is 4.79 Å². The van der Waals surface area contributed by atoms with Gasteiger partial charge in [0.2, 0.25) is 5.91 Å². The Balaban J connectivity index is 2.08. The molecule has 6 nitrogen and oxygen atoms in total. The number of pyridine rings is 1. The number of rotatable bonds is 4. The van der Waals surface area contributed by atoms with E-state index < -0.39 is 0 Å². The van der Waals surface area contributed by atoms with Gasteiger partial charge in [-0.25, -0.2) is 9.67 Å². The number of nitrogens with one attached hydrogen (secondary N) is 1. The molecule has 0 unspecified atom stereocenters. The highest BCUT2D eigenvalue weighted by Gasteiger charge is 2.14. The molecule has 114 valence electrons. The van der Waals surface area contributed by atoms with Gasteiger partial charge < -0.3 is 10.1 Å². The van der Waals surface area contributed by atoms with Gasteiger partial charge in [-0.15, -0.1) is 0 Å². The molecule has 0 saturated carbocycles. The van der Waals surface area contributed by atoms with Crippen LogP contribution in [0.5, 0.6) is 0 Å². The van der Waals surface area contributed by atoms with Gasteiger partial charge in [0.1, 0.15) is 6.61 Å². The van der Waals surface area contributed by atoms with Gasteiger partial charge >= 0.3 is 0 Å². The minimum absolute atomic E-state index is 0.0206. The fourth-order valence-corrected chi connectivity index (χ4v) is 1.87. The summed E-state index contributed by atoms with van der Waals surface area (Å²) in [6.07, 6.45) is 3.39. The number of ether oxygens (including phenoxy) is 1. The lowest BCUT2D eigenvalue weighted by atomic mass is 10.2. The van der Waals surface area contributed by atoms with Crippen LogP contribution in [0.4, 0.5) is 5.69 Å². The third-order valence-electron chi connectivity index (χ3n) is 2.84. The van der Waals surface area contributed by atoms with Crippen molar-refractivity contribution in [1.29, 1.82) is 0 Å². The maximum Gasteiger partial charge on any atom is 0.250 e. The lowest BCUT2D eigenvalue weighted by Crippen LogP contribution is -2.27. The number of hydrogen-bond donors (Lipinski definition) is 1. The second-order valence-electron chi connectivity index (χ2n) is 6.27. The number of aromatic nitrogens is 3. The summed E-state index contributed by atoms with van der Waals surface area (Å²) in [6, 6.07) is 2.11. The molecule has 2 aromatic rings. The Labute approximate surface area is 124 Å². The molecule has 0 aliphatic heterocycles. The Morgan fingerprint density at radius 3 is 2.71 bits per heavy atom. The van der Waals surface area contributed by atoms with Crippen molar-refractivity contribution in [2.75, 3.05) is 11.9 Å². The second kappa shape index (κ2) is 5.81. The molecule has 0 fully saturated rings. The molecule has 1 amide bonds. The zero-order valence-corrected chi connectivity index (χ0v) is 13.2. The van der Waals surface area contributed by atoms with Gasteiger partial charge in [0.15, 0.2) is 5.65 Å². The maximum atomic E-state index is 11.8. The van der Waals surface area contributed by atoms with E-state index in [4.69, 9.17) is 4.74 Å². The molecule has 2 aromatic heterocycles. The highest BCUT2D eigenvalue weighted by Crippen LogP contribution is 2.19. The normalized spacial score (nSPS) is 12.1. The number of anilines is 1. The molecule has 0 saturated heterocycles. The van der Waals surface area contributed by atoms with Crippen LogP contribution < -0.4 is 5.32 Å². The minimum Gasteiger partial charge on any atom is -0.366 e. The first-order valence-electron chi connectivity index (χ1n) is 7.03. The summed E-state index contributed by atoms with van der Waals surface area (Å²) in [5.41, 5.74) is 1.13. The van der Waals surface area contributed by atoms with E-state index in [1.807, 2.05) is 45.4 Å². The predicted octanol–water partition coefficient (Wildman–Crippen LogP) is 2.77. The molecule has 2 heterocycles. The Kier molecular flexibility index (Phi) is 4.27. The van der Waals surface area contributed by atoms with E-state index in [2.05, 4.69) is 15.4 Å². The van der Waals surface area contributed by atoms with E-state index >= 15 is 0 Å². The monoisotopic (exact) mass is 290 g/mol. The number of fused-ring (bicyclic) bond motifs is 1. The van der Waals surface area contributed by atoms with Crippen molar-refractivity contribution in [3.05, 3.63) is 18.5 Å². The smallest absolute Gasteiger partial charge is 0.250 e. The molecule has 0 aliphatic rings. The van der Waals surface area contributed by atoms with E-state index in [0.717, 1.165) is 11.0 Å². The van der Waals surface area contributed by atoms with Crippen molar-refractivity contribution < 1.29 is 9.53 Å². The maximum absolute atomic E-state index is 11.8. The first-order valence-corrected chi connectivity index (χ1v) is 7.03. The Bertz CT molecular complexity index is 641. The standard InChI is InChI=1S/C15H22N4O2/c1-10(2)19-14-11(7-17-19)6-12(8-16-14)18-13(20)9-21-15(3,4)5/h6-8,10H,9H2,1-5H3,(H,18,20). The van der Waals surface area contributed by atoms with Crippen LogP contribution in [0, 0.1) is 0 Å². The summed E-state index contributed by atoms with van der Waals surface area (Å²) in [5.74, 6) is -0.192. The van der Waals surface area contributed by atoms with Gasteiger partial charge in [-0.05, 0) is 40.7 Å². The van der Waals surface area contributed by atoms with Crippen LogP contribution in [-0.2, 0) is 9.53 Å². The van der Waals surface area contributed by atoms with Crippen LogP contribution in [0.2, 0.25) is 0 Å². The number of carbonyl (C=O) groups excluding carboxylic acids is 1. The molecule has 0 bridgehead atoms. The van der Waals surface area contributed by atoms with Gasteiger partial charge in [-0.1, -0.05) is 0 Å². The topological polar surface area (TPSA) is 69.0 Å². The third kappa shape index (κ3) is 4.01.